The molecule has 0 saturated heterocycles. The summed E-state index contributed by atoms with van der Waals surface area (Å²) in [5.41, 5.74) is 0.337. The van der Waals surface area contributed by atoms with Gasteiger partial charge in [-0.25, -0.2) is 12.8 Å². The van der Waals surface area contributed by atoms with Crippen LogP contribution < -0.4 is 10.0 Å². The minimum Gasteiger partial charge on any atom is -0.351 e. The van der Waals surface area contributed by atoms with Crippen LogP contribution in [0.15, 0.2) is 59.5 Å². The number of carbonyl (C=O) groups excluding carboxylic acids is 1. The van der Waals surface area contributed by atoms with Gasteiger partial charge in [-0.3, -0.25) is 4.79 Å². The molecule has 2 rings (SSSR count). The highest BCUT2D eigenvalue weighted by atomic mass is 32.2. The van der Waals surface area contributed by atoms with Gasteiger partial charge in [-0.1, -0.05) is 50.2 Å². The number of amides is 1. The normalized spacial score (nSPS) is 12.8. The summed E-state index contributed by atoms with van der Waals surface area (Å²) < 4.78 is 40.9. The topological polar surface area (TPSA) is 75.3 Å². The van der Waals surface area contributed by atoms with E-state index in [1.165, 1.54) is 18.2 Å². The van der Waals surface area contributed by atoms with Gasteiger partial charge in [0.1, 0.15) is 11.9 Å². The SMILES string of the molecule is CC(C)[C@@H](NS(=O)(=O)c1ccccc1)C(=O)NCc1ccccc1F. The summed E-state index contributed by atoms with van der Waals surface area (Å²) in [6.45, 7) is 3.46. The Hall–Kier alpha value is -2.25. The van der Waals surface area contributed by atoms with E-state index in [0.717, 1.165) is 0 Å². The number of nitrogens with one attached hydrogen (secondary N) is 2. The lowest BCUT2D eigenvalue weighted by Crippen LogP contribution is -2.49. The summed E-state index contributed by atoms with van der Waals surface area (Å²) in [7, 11) is -3.83. The molecule has 0 spiro atoms. The standard InChI is InChI=1S/C18H21FN2O3S/c1-13(2)17(21-25(23,24)15-9-4-3-5-10-15)18(22)20-12-14-8-6-7-11-16(14)19/h3-11,13,17,21H,12H2,1-2H3,(H,20,22)/t17-/m1/s1. The van der Waals surface area contributed by atoms with Gasteiger partial charge in [0, 0.05) is 12.1 Å². The Kier molecular flexibility index (Phi) is 6.27. The van der Waals surface area contributed by atoms with E-state index >= 15 is 0 Å². The number of carbonyl (C=O) groups is 1. The van der Waals surface area contributed by atoms with Crippen molar-refractivity contribution in [2.75, 3.05) is 0 Å². The predicted molar refractivity (Wildman–Crippen MR) is 93.6 cm³/mol. The zero-order valence-corrected chi connectivity index (χ0v) is 14.9. The van der Waals surface area contributed by atoms with Crippen molar-refractivity contribution in [3.63, 3.8) is 0 Å². The molecule has 1 atom stereocenters. The van der Waals surface area contributed by atoms with Crippen molar-refractivity contribution < 1.29 is 17.6 Å². The fraction of sp³-hybridized carbons (Fsp3) is 0.278. The average Bonchev–Trinajstić information content (AvgIpc) is 2.59. The van der Waals surface area contributed by atoms with Gasteiger partial charge in [0.2, 0.25) is 15.9 Å². The second-order valence-electron chi connectivity index (χ2n) is 5.97. The van der Waals surface area contributed by atoms with Gasteiger partial charge in [-0.15, -0.1) is 0 Å². The highest BCUT2D eigenvalue weighted by molar-refractivity contribution is 7.89. The van der Waals surface area contributed by atoms with Crippen LogP contribution in [0.1, 0.15) is 19.4 Å². The van der Waals surface area contributed by atoms with Crippen LogP contribution in [0.2, 0.25) is 0 Å². The summed E-state index contributed by atoms with van der Waals surface area (Å²) in [6.07, 6.45) is 0. The Morgan fingerprint density at radius 3 is 2.24 bits per heavy atom. The third kappa shape index (κ3) is 5.11. The summed E-state index contributed by atoms with van der Waals surface area (Å²) in [6, 6.07) is 13.0. The molecule has 0 aliphatic heterocycles. The number of halogens is 1. The molecule has 25 heavy (non-hydrogen) atoms. The summed E-state index contributed by atoms with van der Waals surface area (Å²) >= 11 is 0. The van der Waals surface area contributed by atoms with Crippen molar-refractivity contribution >= 4 is 15.9 Å². The van der Waals surface area contributed by atoms with Crippen LogP contribution >= 0.6 is 0 Å². The van der Waals surface area contributed by atoms with Gasteiger partial charge < -0.3 is 5.32 Å². The maximum Gasteiger partial charge on any atom is 0.241 e. The van der Waals surface area contributed by atoms with Crippen molar-refractivity contribution in [3.05, 3.63) is 66.0 Å². The van der Waals surface area contributed by atoms with Crippen molar-refractivity contribution in [1.29, 1.82) is 0 Å². The van der Waals surface area contributed by atoms with Crippen LogP contribution in [-0.4, -0.2) is 20.4 Å². The first-order chi connectivity index (χ1) is 11.8. The second kappa shape index (κ2) is 8.22. The van der Waals surface area contributed by atoms with Crippen molar-refractivity contribution in [2.24, 2.45) is 5.92 Å². The molecule has 0 saturated carbocycles. The Labute approximate surface area is 147 Å². The number of hydrogen-bond acceptors (Lipinski definition) is 3. The molecule has 0 aromatic heterocycles. The Morgan fingerprint density at radius 2 is 1.64 bits per heavy atom. The quantitative estimate of drug-likeness (QED) is 0.792. The van der Waals surface area contributed by atoms with E-state index in [1.807, 2.05) is 0 Å². The number of rotatable bonds is 7. The zero-order valence-electron chi connectivity index (χ0n) is 14.1. The van der Waals surface area contributed by atoms with Gasteiger partial charge in [0.05, 0.1) is 4.90 Å². The molecule has 0 bridgehead atoms. The van der Waals surface area contributed by atoms with Crippen molar-refractivity contribution in [2.45, 2.75) is 31.3 Å². The predicted octanol–water partition coefficient (Wildman–Crippen LogP) is 2.45. The highest BCUT2D eigenvalue weighted by Crippen LogP contribution is 2.12. The number of benzene rings is 2. The first-order valence-corrected chi connectivity index (χ1v) is 9.38. The largest absolute Gasteiger partial charge is 0.351 e. The molecule has 0 aliphatic carbocycles. The lowest BCUT2D eigenvalue weighted by Gasteiger charge is -2.21. The van der Waals surface area contributed by atoms with E-state index in [2.05, 4.69) is 10.0 Å². The van der Waals surface area contributed by atoms with E-state index in [4.69, 9.17) is 0 Å². The molecular formula is C18H21FN2O3S. The minimum atomic E-state index is -3.83. The molecule has 1 amide bonds. The molecule has 0 aliphatic rings. The lowest BCUT2D eigenvalue weighted by molar-refractivity contribution is -0.123. The molecule has 0 heterocycles. The zero-order chi connectivity index (χ0) is 18.4. The second-order valence-corrected chi connectivity index (χ2v) is 7.68. The molecular weight excluding hydrogens is 343 g/mol. The van der Waals surface area contributed by atoms with E-state index < -0.39 is 27.8 Å². The minimum absolute atomic E-state index is 0.0121. The third-order valence-corrected chi connectivity index (χ3v) is 5.15. The van der Waals surface area contributed by atoms with Crippen molar-refractivity contribution in [1.82, 2.24) is 10.0 Å². The fourth-order valence-electron chi connectivity index (χ4n) is 2.26. The average molecular weight is 364 g/mol. The van der Waals surface area contributed by atoms with E-state index in [9.17, 15) is 17.6 Å². The molecule has 7 heteroatoms. The van der Waals surface area contributed by atoms with Gasteiger partial charge in [-0.2, -0.15) is 4.72 Å². The van der Waals surface area contributed by atoms with Crippen LogP contribution in [0.4, 0.5) is 4.39 Å². The third-order valence-electron chi connectivity index (χ3n) is 3.70. The summed E-state index contributed by atoms with van der Waals surface area (Å²) in [5, 5.41) is 2.59. The molecule has 0 fully saturated rings. The molecule has 2 N–H and O–H groups in total. The molecule has 0 unspecified atom stereocenters. The van der Waals surface area contributed by atoms with E-state index in [0.29, 0.717) is 5.56 Å². The summed E-state index contributed by atoms with van der Waals surface area (Å²) in [5.74, 6) is -1.20. The Balaban J connectivity index is 2.10. The van der Waals surface area contributed by atoms with Crippen LogP contribution in [0.3, 0.4) is 0 Å². The smallest absolute Gasteiger partial charge is 0.241 e. The summed E-state index contributed by atoms with van der Waals surface area (Å²) in [4.78, 5) is 12.5. The number of hydrogen-bond donors (Lipinski definition) is 2. The van der Waals surface area contributed by atoms with Crippen LogP contribution in [0.5, 0.6) is 0 Å². The first kappa shape index (κ1) is 19.1. The van der Waals surface area contributed by atoms with Gasteiger partial charge >= 0.3 is 0 Å². The van der Waals surface area contributed by atoms with Gasteiger partial charge in [-0.05, 0) is 24.1 Å². The van der Waals surface area contributed by atoms with Crippen LogP contribution in [0, 0.1) is 11.7 Å². The molecule has 0 radical (unpaired) electrons. The van der Waals surface area contributed by atoms with Gasteiger partial charge in [0.25, 0.3) is 0 Å². The fourth-order valence-corrected chi connectivity index (χ4v) is 3.63. The Bertz CT molecular complexity index is 823. The molecule has 2 aromatic carbocycles. The van der Waals surface area contributed by atoms with Crippen molar-refractivity contribution in [3.8, 4) is 0 Å². The highest BCUT2D eigenvalue weighted by Gasteiger charge is 2.28. The van der Waals surface area contributed by atoms with Crippen LogP contribution in [-0.2, 0) is 21.4 Å². The maximum absolute atomic E-state index is 13.6. The van der Waals surface area contributed by atoms with E-state index in [1.54, 1.807) is 50.2 Å². The Morgan fingerprint density at radius 1 is 1.04 bits per heavy atom. The van der Waals surface area contributed by atoms with E-state index in [-0.39, 0.29) is 17.4 Å². The lowest BCUT2D eigenvalue weighted by atomic mass is 10.0. The molecule has 5 nitrogen and oxygen atoms in total. The maximum atomic E-state index is 13.6. The monoisotopic (exact) mass is 364 g/mol. The van der Waals surface area contributed by atoms with Gasteiger partial charge in [0.15, 0.2) is 0 Å². The molecule has 134 valence electrons. The number of sulfonamides is 1. The van der Waals surface area contributed by atoms with Crippen LogP contribution in [0.25, 0.3) is 0 Å². The first-order valence-electron chi connectivity index (χ1n) is 7.90. The molecule has 2 aromatic rings.